The minimum absolute atomic E-state index is 0.291. The van der Waals surface area contributed by atoms with Gasteiger partial charge in [0.15, 0.2) is 0 Å². The van der Waals surface area contributed by atoms with Crippen molar-refractivity contribution in [3.05, 3.63) is 33.3 Å². The van der Waals surface area contributed by atoms with E-state index in [1.54, 1.807) is 4.68 Å². The fourth-order valence-corrected chi connectivity index (χ4v) is 3.50. The van der Waals surface area contributed by atoms with E-state index >= 15 is 0 Å². The van der Waals surface area contributed by atoms with Gasteiger partial charge in [0.05, 0.1) is 12.8 Å². The van der Waals surface area contributed by atoms with Crippen molar-refractivity contribution in [2.24, 2.45) is 0 Å². The second-order valence-corrected chi connectivity index (χ2v) is 6.27. The van der Waals surface area contributed by atoms with Crippen LogP contribution in [0.1, 0.15) is 21.5 Å². The zero-order chi connectivity index (χ0) is 15.7. The summed E-state index contributed by atoms with van der Waals surface area (Å²) in [6.07, 6.45) is 1.85. The summed E-state index contributed by atoms with van der Waals surface area (Å²) in [5, 5.41) is 5.01. The lowest BCUT2D eigenvalue weighted by molar-refractivity contribution is 0.0598. The number of esters is 1. The highest BCUT2D eigenvalue weighted by Gasteiger charge is 2.24. The Hall–Kier alpha value is -1.47. The van der Waals surface area contributed by atoms with Crippen LogP contribution in [0.2, 0.25) is 0 Å². The minimum Gasteiger partial charge on any atom is -0.465 e. The molecule has 0 aliphatic carbocycles. The minimum atomic E-state index is -0.476. The lowest BCUT2D eigenvalue weighted by Gasteiger charge is -2.12. The van der Waals surface area contributed by atoms with Crippen LogP contribution in [0.15, 0.2) is 21.6 Å². The van der Waals surface area contributed by atoms with Crippen LogP contribution in [0.25, 0.3) is 5.69 Å². The molecule has 2 N–H and O–H groups in total. The third-order valence-corrected chi connectivity index (χ3v) is 4.27. The Labute approximate surface area is 136 Å². The van der Waals surface area contributed by atoms with E-state index in [0.717, 1.165) is 21.3 Å². The standard InChI is InChI=1S/C14H16BrN3O2S/c1-7-5-9(15)6-8(2)11(7)18-12(16)10(14(19)20-3)13(17-18)21-4/h5-6H,16H2,1-4H3. The Balaban J connectivity index is 2.72. The summed E-state index contributed by atoms with van der Waals surface area (Å²) in [5.41, 5.74) is 9.35. The highest BCUT2D eigenvalue weighted by atomic mass is 79.9. The van der Waals surface area contributed by atoms with Gasteiger partial charge in [-0.1, -0.05) is 15.9 Å². The normalized spacial score (nSPS) is 10.7. The number of ether oxygens (including phenoxy) is 1. The first kappa shape index (κ1) is 15.9. The highest BCUT2D eigenvalue weighted by molar-refractivity contribution is 9.10. The van der Waals surface area contributed by atoms with Crippen LogP contribution >= 0.6 is 27.7 Å². The molecule has 1 heterocycles. The van der Waals surface area contributed by atoms with Gasteiger partial charge in [0.25, 0.3) is 0 Å². The Morgan fingerprint density at radius 3 is 2.43 bits per heavy atom. The van der Waals surface area contributed by atoms with Crippen LogP contribution < -0.4 is 5.73 Å². The lowest BCUT2D eigenvalue weighted by Crippen LogP contribution is -2.09. The number of halogens is 1. The van der Waals surface area contributed by atoms with Gasteiger partial charge in [0.1, 0.15) is 16.4 Å². The fourth-order valence-electron chi connectivity index (χ4n) is 2.25. The van der Waals surface area contributed by atoms with E-state index in [0.29, 0.717) is 16.4 Å². The molecule has 2 aromatic rings. The largest absolute Gasteiger partial charge is 0.465 e. The molecule has 0 amide bonds. The third-order valence-electron chi connectivity index (χ3n) is 3.14. The molecule has 0 saturated heterocycles. The number of aryl methyl sites for hydroxylation is 2. The molecule has 7 heteroatoms. The number of hydrogen-bond acceptors (Lipinski definition) is 5. The number of nitrogens with zero attached hydrogens (tertiary/aromatic N) is 2. The molecular weight excluding hydrogens is 354 g/mol. The van der Waals surface area contributed by atoms with Crippen LogP contribution in [-0.2, 0) is 4.74 Å². The van der Waals surface area contributed by atoms with Crippen molar-refractivity contribution >= 4 is 39.5 Å². The number of nitrogens with two attached hydrogens (primary N) is 1. The average Bonchev–Trinajstić information content (AvgIpc) is 2.74. The molecule has 2 rings (SSSR count). The molecule has 21 heavy (non-hydrogen) atoms. The monoisotopic (exact) mass is 369 g/mol. The van der Waals surface area contributed by atoms with Gasteiger partial charge in [-0.05, 0) is 43.4 Å². The van der Waals surface area contributed by atoms with E-state index < -0.39 is 5.97 Å². The van der Waals surface area contributed by atoms with Crippen molar-refractivity contribution in [2.75, 3.05) is 19.1 Å². The van der Waals surface area contributed by atoms with Gasteiger partial charge >= 0.3 is 5.97 Å². The highest BCUT2D eigenvalue weighted by Crippen LogP contribution is 2.31. The van der Waals surface area contributed by atoms with Gasteiger partial charge in [-0.3, -0.25) is 0 Å². The summed E-state index contributed by atoms with van der Waals surface area (Å²) in [7, 11) is 1.33. The van der Waals surface area contributed by atoms with Crippen molar-refractivity contribution in [1.29, 1.82) is 0 Å². The Kier molecular flexibility index (Phi) is 4.63. The lowest BCUT2D eigenvalue weighted by atomic mass is 10.1. The fraction of sp³-hybridized carbons (Fsp3) is 0.286. The number of nitrogen functional groups attached to an aromatic ring is 1. The molecule has 5 nitrogen and oxygen atoms in total. The average molecular weight is 370 g/mol. The zero-order valence-corrected chi connectivity index (χ0v) is 14.6. The van der Waals surface area contributed by atoms with Gasteiger partial charge in [0.2, 0.25) is 0 Å². The van der Waals surface area contributed by atoms with Gasteiger partial charge in [-0.25, -0.2) is 9.48 Å². The van der Waals surface area contributed by atoms with Crippen molar-refractivity contribution in [3.63, 3.8) is 0 Å². The van der Waals surface area contributed by atoms with Crippen molar-refractivity contribution in [1.82, 2.24) is 9.78 Å². The quantitative estimate of drug-likeness (QED) is 0.663. The predicted molar refractivity (Wildman–Crippen MR) is 88.3 cm³/mol. The number of aromatic nitrogens is 2. The number of methoxy groups -OCH3 is 1. The molecular formula is C14H16BrN3O2S. The molecule has 0 fully saturated rings. The van der Waals surface area contributed by atoms with E-state index in [-0.39, 0.29) is 0 Å². The number of carbonyl (C=O) groups excluding carboxylic acids is 1. The molecule has 0 aliphatic rings. The maximum absolute atomic E-state index is 11.9. The molecule has 1 aromatic heterocycles. The van der Waals surface area contributed by atoms with E-state index in [1.165, 1.54) is 18.9 Å². The van der Waals surface area contributed by atoms with Crippen LogP contribution in [0, 0.1) is 13.8 Å². The second kappa shape index (κ2) is 6.11. The van der Waals surface area contributed by atoms with E-state index in [4.69, 9.17) is 10.5 Å². The molecule has 0 atom stereocenters. The number of rotatable bonds is 3. The van der Waals surface area contributed by atoms with Gasteiger partial charge in [-0.2, -0.15) is 5.10 Å². The predicted octanol–water partition coefficient (Wildman–Crippen LogP) is 3.34. The van der Waals surface area contributed by atoms with Crippen LogP contribution in [0.4, 0.5) is 5.82 Å². The van der Waals surface area contributed by atoms with Crippen molar-refractivity contribution in [3.8, 4) is 5.69 Å². The molecule has 0 spiro atoms. The SMILES string of the molecule is COC(=O)c1c(SC)nn(-c2c(C)cc(Br)cc2C)c1N. The van der Waals surface area contributed by atoms with Gasteiger partial charge < -0.3 is 10.5 Å². The number of thioether (sulfide) groups is 1. The third kappa shape index (κ3) is 2.80. The van der Waals surface area contributed by atoms with E-state index in [9.17, 15) is 4.79 Å². The van der Waals surface area contributed by atoms with E-state index in [1.807, 2.05) is 32.2 Å². The molecule has 0 unspecified atom stereocenters. The second-order valence-electron chi connectivity index (χ2n) is 4.56. The summed E-state index contributed by atoms with van der Waals surface area (Å²) >= 11 is 4.83. The Bertz CT molecular complexity index is 689. The van der Waals surface area contributed by atoms with Crippen LogP contribution in [0.3, 0.4) is 0 Å². The Morgan fingerprint density at radius 2 is 1.95 bits per heavy atom. The molecule has 1 aromatic carbocycles. The molecule has 112 valence electrons. The van der Waals surface area contributed by atoms with E-state index in [2.05, 4.69) is 21.0 Å². The summed E-state index contributed by atoms with van der Waals surface area (Å²) in [4.78, 5) is 11.9. The Morgan fingerprint density at radius 1 is 1.38 bits per heavy atom. The van der Waals surface area contributed by atoms with Gasteiger partial charge in [0, 0.05) is 4.47 Å². The smallest absolute Gasteiger partial charge is 0.344 e. The summed E-state index contributed by atoms with van der Waals surface area (Å²) in [6.45, 7) is 3.95. The zero-order valence-electron chi connectivity index (χ0n) is 12.2. The number of benzene rings is 1. The number of hydrogen-bond donors (Lipinski definition) is 1. The molecule has 0 bridgehead atoms. The first-order valence-electron chi connectivity index (χ1n) is 6.18. The van der Waals surface area contributed by atoms with Crippen molar-refractivity contribution < 1.29 is 9.53 Å². The molecule has 0 radical (unpaired) electrons. The first-order chi connectivity index (χ1) is 9.90. The summed E-state index contributed by atoms with van der Waals surface area (Å²) in [6, 6.07) is 3.97. The maximum atomic E-state index is 11.9. The van der Waals surface area contributed by atoms with Crippen LogP contribution in [0.5, 0.6) is 0 Å². The first-order valence-corrected chi connectivity index (χ1v) is 8.20. The maximum Gasteiger partial charge on any atom is 0.344 e. The summed E-state index contributed by atoms with van der Waals surface area (Å²) in [5.74, 6) is -0.185. The van der Waals surface area contributed by atoms with Crippen molar-refractivity contribution in [2.45, 2.75) is 18.9 Å². The van der Waals surface area contributed by atoms with Crippen LogP contribution in [-0.4, -0.2) is 29.1 Å². The van der Waals surface area contributed by atoms with Gasteiger partial charge in [-0.15, -0.1) is 11.8 Å². The molecule has 0 saturated carbocycles. The topological polar surface area (TPSA) is 70.1 Å². The molecule has 0 aliphatic heterocycles. The number of carbonyl (C=O) groups is 1. The summed E-state index contributed by atoms with van der Waals surface area (Å²) < 4.78 is 7.39. The number of anilines is 1.